The van der Waals surface area contributed by atoms with E-state index < -0.39 is 28.3 Å². The Labute approximate surface area is 113 Å². The second-order valence-corrected chi connectivity index (χ2v) is 4.48. The van der Waals surface area contributed by atoms with Gasteiger partial charge in [0.05, 0.1) is 22.6 Å². The van der Waals surface area contributed by atoms with Gasteiger partial charge in [0.1, 0.15) is 5.82 Å². The smallest absolute Gasteiger partial charge is 0.274 e. The molecule has 0 aliphatic carbocycles. The number of halogens is 1. The lowest BCUT2D eigenvalue weighted by Crippen LogP contribution is -2.40. The molecular formula is C12H12FN3O4. The highest BCUT2D eigenvalue weighted by atomic mass is 19.1. The largest absolute Gasteiger partial charge is 0.355 e. The van der Waals surface area contributed by atoms with Gasteiger partial charge in [-0.2, -0.15) is 0 Å². The second-order valence-electron chi connectivity index (χ2n) is 4.48. The van der Waals surface area contributed by atoms with Crippen molar-refractivity contribution in [1.82, 2.24) is 5.32 Å². The van der Waals surface area contributed by atoms with E-state index in [1.165, 1.54) is 0 Å². The maximum absolute atomic E-state index is 13.2. The molecule has 0 bridgehead atoms. The van der Waals surface area contributed by atoms with Gasteiger partial charge in [0.15, 0.2) is 0 Å². The van der Waals surface area contributed by atoms with Gasteiger partial charge in [0.2, 0.25) is 11.8 Å². The maximum Gasteiger partial charge on any atom is 0.274 e. The number of nitrogens with one attached hydrogen (secondary N) is 2. The topological polar surface area (TPSA) is 101 Å². The predicted molar refractivity (Wildman–Crippen MR) is 67.4 cm³/mol. The van der Waals surface area contributed by atoms with Gasteiger partial charge >= 0.3 is 0 Å². The van der Waals surface area contributed by atoms with Crippen molar-refractivity contribution in [2.45, 2.75) is 12.8 Å². The standard InChI is InChI=1S/C12H12FN3O4/c13-8-3-9(5-10(4-8)16(19)20)15-12(18)7-1-2-11(17)14-6-7/h3-5,7H,1-2,6H2,(H,14,17)(H,15,18). The molecule has 20 heavy (non-hydrogen) atoms. The van der Waals surface area contributed by atoms with Crippen molar-refractivity contribution in [2.24, 2.45) is 5.92 Å². The Balaban J connectivity index is 2.07. The summed E-state index contributed by atoms with van der Waals surface area (Å²) in [5, 5.41) is 15.6. The van der Waals surface area contributed by atoms with E-state index in [0.717, 1.165) is 18.2 Å². The molecule has 0 aromatic heterocycles. The lowest BCUT2D eigenvalue weighted by Gasteiger charge is -2.21. The van der Waals surface area contributed by atoms with E-state index in [1.54, 1.807) is 0 Å². The molecule has 0 radical (unpaired) electrons. The summed E-state index contributed by atoms with van der Waals surface area (Å²) in [6, 6.07) is 2.87. The number of hydrogen-bond donors (Lipinski definition) is 2. The zero-order chi connectivity index (χ0) is 14.7. The molecule has 1 fully saturated rings. The Morgan fingerprint density at radius 1 is 1.45 bits per heavy atom. The van der Waals surface area contributed by atoms with Gasteiger partial charge in [-0.05, 0) is 12.5 Å². The van der Waals surface area contributed by atoms with Crippen LogP contribution in [0.5, 0.6) is 0 Å². The number of nitrogens with zero attached hydrogens (tertiary/aromatic N) is 1. The van der Waals surface area contributed by atoms with Crippen molar-refractivity contribution < 1.29 is 18.9 Å². The first kappa shape index (κ1) is 13.9. The SMILES string of the molecule is O=C1CCC(C(=O)Nc2cc(F)cc([N+](=O)[O-])c2)CN1. The number of anilines is 1. The minimum atomic E-state index is -0.800. The predicted octanol–water partition coefficient (Wildman–Crippen LogP) is 1.20. The Bertz CT molecular complexity index is 566. The van der Waals surface area contributed by atoms with E-state index in [4.69, 9.17) is 0 Å². The highest BCUT2D eigenvalue weighted by Gasteiger charge is 2.24. The molecule has 2 N–H and O–H groups in total. The molecule has 106 valence electrons. The fourth-order valence-electron chi connectivity index (χ4n) is 1.95. The first-order valence-corrected chi connectivity index (χ1v) is 5.98. The zero-order valence-corrected chi connectivity index (χ0v) is 10.4. The van der Waals surface area contributed by atoms with Crippen molar-refractivity contribution in [3.63, 3.8) is 0 Å². The van der Waals surface area contributed by atoms with Crippen LogP contribution in [0.25, 0.3) is 0 Å². The molecule has 1 aromatic rings. The Hall–Kier alpha value is -2.51. The average molecular weight is 281 g/mol. The van der Waals surface area contributed by atoms with Crippen LogP contribution in [0.1, 0.15) is 12.8 Å². The van der Waals surface area contributed by atoms with Crippen molar-refractivity contribution in [3.8, 4) is 0 Å². The molecule has 1 heterocycles. The highest BCUT2D eigenvalue weighted by molar-refractivity contribution is 5.94. The van der Waals surface area contributed by atoms with Gasteiger partial charge in [0, 0.05) is 19.0 Å². The van der Waals surface area contributed by atoms with Crippen LogP contribution in [0.15, 0.2) is 18.2 Å². The first-order chi connectivity index (χ1) is 9.45. The van der Waals surface area contributed by atoms with Crippen molar-refractivity contribution >= 4 is 23.2 Å². The number of nitro groups is 1. The van der Waals surface area contributed by atoms with E-state index in [1.807, 2.05) is 0 Å². The number of benzene rings is 1. The molecule has 8 heteroatoms. The van der Waals surface area contributed by atoms with E-state index in [9.17, 15) is 24.1 Å². The number of non-ortho nitro benzene ring substituents is 1. The molecule has 1 aliphatic rings. The van der Waals surface area contributed by atoms with Crippen LogP contribution in [0.3, 0.4) is 0 Å². The van der Waals surface area contributed by atoms with Gasteiger partial charge in [-0.25, -0.2) is 4.39 Å². The van der Waals surface area contributed by atoms with Crippen LogP contribution in [0.2, 0.25) is 0 Å². The third-order valence-electron chi connectivity index (χ3n) is 3.00. The fourth-order valence-corrected chi connectivity index (χ4v) is 1.95. The van der Waals surface area contributed by atoms with E-state index in [0.29, 0.717) is 6.42 Å². The maximum atomic E-state index is 13.2. The van der Waals surface area contributed by atoms with Gasteiger partial charge in [-0.3, -0.25) is 19.7 Å². The molecule has 2 rings (SSSR count). The van der Waals surface area contributed by atoms with Crippen LogP contribution in [-0.4, -0.2) is 23.3 Å². The van der Waals surface area contributed by atoms with Crippen LogP contribution in [0.4, 0.5) is 15.8 Å². The Kier molecular flexibility index (Phi) is 3.92. The summed E-state index contributed by atoms with van der Waals surface area (Å²) in [6.45, 7) is 0.210. The summed E-state index contributed by atoms with van der Waals surface area (Å²) in [4.78, 5) is 32.8. The molecule has 1 saturated heterocycles. The highest BCUT2D eigenvalue weighted by Crippen LogP contribution is 2.21. The summed E-state index contributed by atoms with van der Waals surface area (Å²) in [5.74, 6) is -1.73. The minimum Gasteiger partial charge on any atom is -0.355 e. The summed E-state index contributed by atoms with van der Waals surface area (Å²) in [6.07, 6.45) is 0.649. The molecular weight excluding hydrogens is 269 g/mol. The van der Waals surface area contributed by atoms with E-state index in [2.05, 4.69) is 10.6 Å². The van der Waals surface area contributed by atoms with Crippen molar-refractivity contribution in [3.05, 3.63) is 34.1 Å². The molecule has 0 saturated carbocycles. The average Bonchev–Trinajstić information content (AvgIpc) is 2.38. The van der Waals surface area contributed by atoms with E-state index >= 15 is 0 Å². The molecule has 0 spiro atoms. The summed E-state index contributed by atoms with van der Waals surface area (Å²) < 4.78 is 13.2. The number of nitro benzene ring substituents is 1. The van der Waals surface area contributed by atoms with Gasteiger partial charge in [0.25, 0.3) is 5.69 Å². The van der Waals surface area contributed by atoms with Crippen LogP contribution < -0.4 is 10.6 Å². The molecule has 2 amide bonds. The van der Waals surface area contributed by atoms with Crippen LogP contribution in [0, 0.1) is 21.8 Å². The number of hydrogen-bond acceptors (Lipinski definition) is 4. The summed E-state index contributed by atoms with van der Waals surface area (Å²) in [5.41, 5.74) is -0.407. The molecule has 7 nitrogen and oxygen atoms in total. The lowest BCUT2D eigenvalue weighted by atomic mass is 9.98. The van der Waals surface area contributed by atoms with Gasteiger partial charge < -0.3 is 10.6 Å². The Morgan fingerprint density at radius 3 is 2.80 bits per heavy atom. The van der Waals surface area contributed by atoms with E-state index in [-0.39, 0.29) is 24.6 Å². The lowest BCUT2D eigenvalue weighted by molar-refractivity contribution is -0.385. The third-order valence-corrected chi connectivity index (χ3v) is 3.00. The normalized spacial score (nSPS) is 18.2. The number of carbonyl (C=O) groups excluding carboxylic acids is 2. The minimum absolute atomic E-state index is 0.0265. The monoisotopic (exact) mass is 281 g/mol. The van der Waals surface area contributed by atoms with Crippen molar-refractivity contribution in [2.75, 3.05) is 11.9 Å². The zero-order valence-electron chi connectivity index (χ0n) is 10.4. The number of rotatable bonds is 3. The first-order valence-electron chi connectivity index (χ1n) is 5.98. The summed E-state index contributed by atoms with van der Waals surface area (Å²) >= 11 is 0. The fraction of sp³-hybridized carbons (Fsp3) is 0.333. The third kappa shape index (κ3) is 3.28. The number of piperidine rings is 1. The second kappa shape index (κ2) is 5.64. The van der Waals surface area contributed by atoms with Crippen LogP contribution >= 0.6 is 0 Å². The molecule has 1 aliphatic heterocycles. The van der Waals surface area contributed by atoms with Gasteiger partial charge in [-0.1, -0.05) is 0 Å². The van der Waals surface area contributed by atoms with Gasteiger partial charge in [-0.15, -0.1) is 0 Å². The Morgan fingerprint density at radius 2 is 2.20 bits per heavy atom. The summed E-state index contributed by atoms with van der Waals surface area (Å²) in [7, 11) is 0. The number of amides is 2. The molecule has 1 aromatic carbocycles. The quantitative estimate of drug-likeness (QED) is 0.642. The number of carbonyl (C=O) groups is 2. The van der Waals surface area contributed by atoms with Crippen LogP contribution in [-0.2, 0) is 9.59 Å². The van der Waals surface area contributed by atoms with Crippen molar-refractivity contribution in [1.29, 1.82) is 0 Å². The molecule has 1 atom stereocenters. The molecule has 1 unspecified atom stereocenters.